The van der Waals surface area contributed by atoms with Crippen molar-refractivity contribution in [1.29, 1.82) is 0 Å². The molecule has 0 N–H and O–H groups in total. The van der Waals surface area contributed by atoms with Crippen LogP contribution in [0, 0.1) is 5.82 Å². The molecule has 0 amide bonds. The SMILES string of the molecule is Fc1ccc(C(Cl)C(F)(F)F)c2ccccc12. The summed E-state index contributed by atoms with van der Waals surface area (Å²) in [5.41, 5.74) is -0.129. The molecule has 0 radical (unpaired) electrons. The van der Waals surface area contributed by atoms with Gasteiger partial charge in [0.05, 0.1) is 0 Å². The normalized spacial score (nSPS) is 13.9. The van der Waals surface area contributed by atoms with E-state index in [2.05, 4.69) is 0 Å². The second kappa shape index (κ2) is 4.18. The van der Waals surface area contributed by atoms with Crippen molar-refractivity contribution in [2.75, 3.05) is 0 Å². The molecule has 2 rings (SSSR count). The second-order valence-electron chi connectivity index (χ2n) is 3.59. The Morgan fingerprint density at radius 3 is 2.12 bits per heavy atom. The molecule has 0 aliphatic carbocycles. The molecule has 17 heavy (non-hydrogen) atoms. The van der Waals surface area contributed by atoms with Crippen LogP contribution in [0.15, 0.2) is 36.4 Å². The molecule has 2 aromatic rings. The highest BCUT2D eigenvalue weighted by atomic mass is 35.5. The van der Waals surface area contributed by atoms with Gasteiger partial charge >= 0.3 is 6.18 Å². The first kappa shape index (κ1) is 12.2. The van der Waals surface area contributed by atoms with Gasteiger partial charge in [0, 0.05) is 5.39 Å². The van der Waals surface area contributed by atoms with Crippen molar-refractivity contribution < 1.29 is 17.6 Å². The van der Waals surface area contributed by atoms with E-state index in [1.807, 2.05) is 0 Å². The molecule has 0 spiro atoms. The standard InChI is InChI=1S/C12H7ClF4/c13-11(12(15,16)17)9-5-6-10(14)8-4-2-1-3-7(8)9/h1-6,11H. The summed E-state index contributed by atoms with van der Waals surface area (Å²) in [7, 11) is 0. The minimum Gasteiger partial charge on any atom is -0.206 e. The van der Waals surface area contributed by atoms with Crippen LogP contribution in [0.1, 0.15) is 10.9 Å². The molecule has 0 nitrogen and oxygen atoms in total. The summed E-state index contributed by atoms with van der Waals surface area (Å²) < 4.78 is 51.0. The van der Waals surface area contributed by atoms with E-state index in [0.717, 1.165) is 12.1 Å². The second-order valence-corrected chi connectivity index (χ2v) is 4.02. The Balaban J connectivity index is 2.67. The molecular weight excluding hydrogens is 256 g/mol. The summed E-state index contributed by atoms with van der Waals surface area (Å²) in [5.74, 6) is -0.560. The zero-order chi connectivity index (χ0) is 12.6. The minimum absolute atomic E-state index is 0.129. The third-order valence-electron chi connectivity index (χ3n) is 2.47. The fourth-order valence-electron chi connectivity index (χ4n) is 1.68. The summed E-state index contributed by atoms with van der Waals surface area (Å²) in [5, 5.41) is -1.81. The van der Waals surface area contributed by atoms with Crippen LogP contribution in [0.25, 0.3) is 10.8 Å². The zero-order valence-corrected chi connectivity index (χ0v) is 9.19. The molecule has 0 saturated carbocycles. The van der Waals surface area contributed by atoms with Gasteiger partial charge in [-0.25, -0.2) is 4.39 Å². The number of hydrogen-bond donors (Lipinski definition) is 0. The molecule has 90 valence electrons. The predicted molar refractivity (Wildman–Crippen MR) is 58.6 cm³/mol. The first-order chi connectivity index (χ1) is 7.91. The smallest absolute Gasteiger partial charge is 0.206 e. The fraction of sp³-hybridized carbons (Fsp3) is 0.167. The van der Waals surface area contributed by atoms with Crippen LogP contribution in [0.4, 0.5) is 17.6 Å². The molecule has 0 aliphatic rings. The van der Waals surface area contributed by atoms with Gasteiger partial charge in [-0.15, -0.1) is 11.6 Å². The molecule has 1 unspecified atom stereocenters. The molecule has 0 fully saturated rings. The van der Waals surface area contributed by atoms with Gasteiger partial charge in [0.15, 0.2) is 5.38 Å². The van der Waals surface area contributed by atoms with Crippen LogP contribution < -0.4 is 0 Å². The van der Waals surface area contributed by atoms with Crippen molar-refractivity contribution in [3.05, 3.63) is 47.8 Å². The number of alkyl halides is 4. The van der Waals surface area contributed by atoms with Crippen LogP contribution in [0.5, 0.6) is 0 Å². The molecule has 0 heterocycles. The van der Waals surface area contributed by atoms with Gasteiger partial charge in [-0.3, -0.25) is 0 Å². The van der Waals surface area contributed by atoms with Crippen molar-refractivity contribution in [3.8, 4) is 0 Å². The molecule has 0 aliphatic heterocycles. The fourth-order valence-corrected chi connectivity index (χ4v) is 1.87. The van der Waals surface area contributed by atoms with Gasteiger partial charge < -0.3 is 0 Å². The average molecular weight is 263 g/mol. The topological polar surface area (TPSA) is 0 Å². The van der Waals surface area contributed by atoms with Crippen LogP contribution in [-0.2, 0) is 0 Å². The van der Waals surface area contributed by atoms with Crippen molar-refractivity contribution in [1.82, 2.24) is 0 Å². The minimum atomic E-state index is -4.55. The lowest BCUT2D eigenvalue weighted by atomic mass is 10.0. The first-order valence-corrected chi connectivity index (χ1v) is 5.23. The van der Waals surface area contributed by atoms with E-state index in [1.165, 1.54) is 12.1 Å². The maximum atomic E-state index is 13.4. The highest BCUT2D eigenvalue weighted by Crippen LogP contribution is 2.41. The van der Waals surface area contributed by atoms with Crippen molar-refractivity contribution >= 4 is 22.4 Å². The molecule has 0 bridgehead atoms. The van der Waals surface area contributed by atoms with Gasteiger partial charge in [0.2, 0.25) is 0 Å². The van der Waals surface area contributed by atoms with Gasteiger partial charge in [0.1, 0.15) is 5.82 Å². The monoisotopic (exact) mass is 262 g/mol. The Hall–Kier alpha value is -1.29. The van der Waals surface area contributed by atoms with Gasteiger partial charge in [-0.2, -0.15) is 13.2 Å². The van der Waals surface area contributed by atoms with Crippen molar-refractivity contribution in [2.45, 2.75) is 11.6 Å². The third kappa shape index (κ3) is 2.22. The largest absolute Gasteiger partial charge is 0.408 e. The summed E-state index contributed by atoms with van der Waals surface area (Å²) >= 11 is 5.37. The number of hydrogen-bond acceptors (Lipinski definition) is 0. The summed E-state index contributed by atoms with van der Waals surface area (Å²) in [6, 6.07) is 8.03. The Kier molecular flexibility index (Phi) is 3.00. The van der Waals surface area contributed by atoms with Crippen LogP contribution in [0.2, 0.25) is 0 Å². The summed E-state index contributed by atoms with van der Waals surface area (Å²) in [4.78, 5) is 0. The molecule has 2 aromatic carbocycles. The Morgan fingerprint density at radius 1 is 0.941 bits per heavy atom. The Bertz CT molecular complexity index is 548. The highest BCUT2D eigenvalue weighted by molar-refractivity contribution is 6.22. The van der Waals surface area contributed by atoms with Gasteiger partial charge in [0.25, 0.3) is 0 Å². The molecule has 5 heteroatoms. The maximum Gasteiger partial charge on any atom is 0.408 e. The van der Waals surface area contributed by atoms with Gasteiger partial charge in [-0.1, -0.05) is 30.3 Å². The maximum absolute atomic E-state index is 13.4. The Labute approximate surface area is 99.8 Å². The number of benzene rings is 2. The quantitative estimate of drug-likeness (QED) is 0.510. The Morgan fingerprint density at radius 2 is 1.53 bits per heavy atom. The molecule has 0 saturated heterocycles. The lowest BCUT2D eigenvalue weighted by Crippen LogP contribution is -2.16. The van der Waals surface area contributed by atoms with Crippen molar-refractivity contribution in [2.24, 2.45) is 0 Å². The van der Waals surface area contributed by atoms with E-state index < -0.39 is 17.4 Å². The number of rotatable bonds is 1. The van der Waals surface area contributed by atoms with Crippen molar-refractivity contribution in [3.63, 3.8) is 0 Å². The highest BCUT2D eigenvalue weighted by Gasteiger charge is 2.40. The lowest BCUT2D eigenvalue weighted by molar-refractivity contribution is -0.131. The average Bonchev–Trinajstić information content (AvgIpc) is 2.28. The van der Waals surface area contributed by atoms with Crippen LogP contribution >= 0.6 is 11.6 Å². The zero-order valence-electron chi connectivity index (χ0n) is 8.43. The number of halogens is 5. The molecule has 1 atom stereocenters. The van der Waals surface area contributed by atoms with E-state index in [1.54, 1.807) is 12.1 Å². The van der Waals surface area contributed by atoms with E-state index in [4.69, 9.17) is 11.6 Å². The van der Waals surface area contributed by atoms with E-state index in [9.17, 15) is 17.6 Å². The molecular formula is C12H7ClF4. The van der Waals surface area contributed by atoms with E-state index in [0.29, 0.717) is 0 Å². The molecule has 0 aromatic heterocycles. The lowest BCUT2D eigenvalue weighted by Gasteiger charge is -2.16. The third-order valence-corrected chi connectivity index (χ3v) is 2.95. The van der Waals surface area contributed by atoms with E-state index in [-0.39, 0.29) is 16.3 Å². The predicted octanol–water partition coefficient (Wildman–Crippen LogP) is 4.82. The van der Waals surface area contributed by atoms with Gasteiger partial charge in [-0.05, 0) is 17.0 Å². The van der Waals surface area contributed by atoms with Crippen LogP contribution in [-0.4, -0.2) is 6.18 Å². The van der Waals surface area contributed by atoms with E-state index >= 15 is 0 Å². The summed E-state index contributed by atoms with van der Waals surface area (Å²) in [6.07, 6.45) is -4.55. The summed E-state index contributed by atoms with van der Waals surface area (Å²) in [6.45, 7) is 0. The van der Waals surface area contributed by atoms with Crippen LogP contribution in [0.3, 0.4) is 0 Å². The number of fused-ring (bicyclic) bond motifs is 1. The first-order valence-electron chi connectivity index (χ1n) is 4.79.